The zero-order valence-corrected chi connectivity index (χ0v) is 14.1. The largest absolute Gasteiger partial charge is 0.302 e. The highest BCUT2D eigenvalue weighted by atomic mass is 15.1. The second-order valence-corrected chi connectivity index (χ2v) is 6.87. The van der Waals surface area contributed by atoms with Gasteiger partial charge in [-0.25, -0.2) is 0 Å². The minimum Gasteiger partial charge on any atom is -0.302 e. The maximum Gasteiger partial charge on any atom is 0.0233 e. The SMILES string of the molecule is CC(C)CCN(C)Cc1ccc(C2=CCCN(C)C2)cc1. The van der Waals surface area contributed by atoms with Gasteiger partial charge in [0, 0.05) is 19.6 Å². The van der Waals surface area contributed by atoms with Crippen molar-refractivity contribution in [1.29, 1.82) is 0 Å². The summed E-state index contributed by atoms with van der Waals surface area (Å²) in [4.78, 5) is 4.81. The van der Waals surface area contributed by atoms with Crippen LogP contribution in [0.2, 0.25) is 0 Å². The van der Waals surface area contributed by atoms with E-state index in [1.165, 1.54) is 42.6 Å². The maximum atomic E-state index is 2.42. The molecule has 1 aromatic carbocycles. The third-order valence-corrected chi connectivity index (χ3v) is 4.21. The first-order valence-electron chi connectivity index (χ1n) is 8.20. The standard InChI is InChI=1S/C19H30N2/c1-16(2)11-13-21(4)14-17-7-9-18(10-8-17)19-6-5-12-20(3)15-19/h6-10,16H,5,11-15H2,1-4H3. The minimum absolute atomic E-state index is 0.782. The lowest BCUT2D eigenvalue weighted by atomic mass is 10.00. The number of benzene rings is 1. The highest BCUT2D eigenvalue weighted by Gasteiger charge is 2.10. The van der Waals surface area contributed by atoms with Crippen LogP contribution in [0.4, 0.5) is 0 Å². The van der Waals surface area contributed by atoms with Crippen molar-refractivity contribution in [3.05, 3.63) is 41.5 Å². The van der Waals surface area contributed by atoms with Crippen molar-refractivity contribution < 1.29 is 0 Å². The van der Waals surface area contributed by atoms with Crippen LogP contribution in [0.5, 0.6) is 0 Å². The van der Waals surface area contributed by atoms with Crippen LogP contribution in [0.15, 0.2) is 30.3 Å². The number of rotatable bonds is 6. The lowest BCUT2D eigenvalue weighted by Crippen LogP contribution is -2.24. The van der Waals surface area contributed by atoms with Gasteiger partial charge in [0.2, 0.25) is 0 Å². The Bertz CT molecular complexity index is 459. The Morgan fingerprint density at radius 2 is 1.90 bits per heavy atom. The molecule has 2 heteroatoms. The summed E-state index contributed by atoms with van der Waals surface area (Å²) in [6, 6.07) is 9.15. The van der Waals surface area contributed by atoms with E-state index in [-0.39, 0.29) is 0 Å². The lowest BCUT2D eigenvalue weighted by Gasteiger charge is -2.23. The minimum atomic E-state index is 0.782. The molecule has 0 aliphatic carbocycles. The molecule has 0 bridgehead atoms. The van der Waals surface area contributed by atoms with E-state index in [1.807, 2.05) is 0 Å². The molecule has 0 radical (unpaired) electrons. The molecule has 0 fully saturated rings. The average molecular weight is 286 g/mol. The molecule has 116 valence electrons. The summed E-state index contributed by atoms with van der Waals surface area (Å²) in [7, 11) is 4.42. The van der Waals surface area contributed by atoms with Gasteiger partial charge < -0.3 is 9.80 Å². The number of likely N-dealkylation sites (N-methyl/N-ethyl adjacent to an activating group) is 1. The summed E-state index contributed by atoms with van der Waals surface area (Å²) < 4.78 is 0. The van der Waals surface area contributed by atoms with E-state index >= 15 is 0 Å². The molecule has 1 aliphatic heterocycles. The predicted octanol–water partition coefficient (Wildman–Crippen LogP) is 3.88. The highest BCUT2D eigenvalue weighted by Crippen LogP contribution is 2.20. The van der Waals surface area contributed by atoms with Gasteiger partial charge in [-0.15, -0.1) is 0 Å². The first-order chi connectivity index (χ1) is 10.0. The van der Waals surface area contributed by atoms with Crippen LogP contribution >= 0.6 is 0 Å². The zero-order valence-electron chi connectivity index (χ0n) is 14.1. The normalized spacial score (nSPS) is 16.6. The van der Waals surface area contributed by atoms with Gasteiger partial charge in [0.05, 0.1) is 0 Å². The van der Waals surface area contributed by atoms with Crippen molar-refractivity contribution in [3.8, 4) is 0 Å². The fourth-order valence-corrected chi connectivity index (χ4v) is 2.80. The second kappa shape index (κ2) is 7.77. The maximum absolute atomic E-state index is 2.42. The third-order valence-electron chi connectivity index (χ3n) is 4.21. The summed E-state index contributed by atoms with van der Waals surface area (Å²) >= 11 is 0. The van der Waals surface area contributed by atoms with Crippen LogP contribution < -0.4 is 0 Å². The Labute approximate surface area is 130 Å². The Kier molecular flexibility index (Phi) is 6.01. The number of hydrogen-bond donors (Lipinski definition) is 0. The monoisotopic (exact) mass is 286 g/mol. The predicted molar refractivity (Wildman–Crippen MR) is 92.3 cm³/mol. The van der Waals surface area contributed by atoms with Gasteiger partial charge in [-0.3, -0.25) is 0 Å². The smallest absolute Gasteiger partial charge is 0.0233 e. The summed E-state index contributed by atoms with van der Waals surface area (Å²) in [6.45, 7) is 9.06. The molecule has 21 heavy (non-hydrogen) atoms. The van der Waals surface area contributed by atoms with Gasteiger partial charge >= 0.3 is 0 Å². The van der Waals surface area contributed by atoms with Crippen molar-refractivity contribution in [1.82, 2.24) is 9.80 Å². The van der Waals surface area contributed by atoms with Gasteiger partial charge in [-0.2, -0.15) is 0 Å². The molecule has 1 heterocycles. The number of nitrogens with zero attached hydrogens (tertiary/aromatic N) is 2. The van der Waals surface area contributed by atoms with Crippen LogP contribution in [-0.2, 0) is 6.54 Å². The average Bonchev–Trinajstić information content (AvgIpc) is 2.46. The van der Waals surface area contributed by atoms with Crippen LogP contribution in [-0.4, -0.2) is 43.5 Å². The summed E-state index contributed by atoms with van der Waals surface area (Å²) in [5.41, 5.74) is 4.27. The van der Waals surface area contributed by atoms with Crippen molar-refractivity contribution >= 4 is 5.57 Å². The summed E-state index contributed by atoms with van der Waals surface area (Å²) in [5, 5.41) is 0. The van der Waals surface area contributed by atoms with Crippen molar-refractivity contribution in [2.75, 3.05) is 33.7 Å². The lowest BCUT2D eigenvalue weighted by molar-refractivity contribution is 0.303. The van der Waals surface area contributed by atoms with E-state index in [0.717, 1.165) is 19.0 Å². The summed E-state index contributed by atoms with van der Waals surface area (Å²) in [6.07, 6.45) is 4.84. The van der Waals surface area contributed by atoms with Crippen LogP contribution in [0.1, 0.15) is 37.8 Å². The fraction of sp³-hybridized carbons (Fsp3) is 0.579. The zero-order chi connectivity index (χ0) is 15.2. The quantitative estimate of drug-likeness (QED) is 0.783. The van der Waals surface area contributed by atoms with E-state index < -0.39 is 0 Å². The molecule has 0 unspecified atom stereocenters. The molecule has 0 spiro atoms. The van der Waals surface area contributed by atoms with E-state index in [4.69, 9.17) is 0 Å². The Hall–Kier alpha value is -1.12. The molecule has 0 saturated heterocycles. The fourth-order valence-electron chi connectivity index (χ4n) is 2.80. The Balaban J connectivity index is 1.91. The number of hydrogen-bond acceptors (Lipinski definition) is 2. The highest BCUT2D eigenvalue weighted by molar-refractivity contribution is 5.67. The van der Waals surface area contributed by atoms with Crippen molar-refractivity contribution in [2.24, 2.45) is 5.92 Å². The molecule has 0 atom stereocenters. The summed E-state index contributed by atoms with van der Waals surface area (Å²) in [5.74, 6) is 0.782. The van der Waals surface area contributed by atoms with E-state index in [1.54, 1.807) is 0 Å². The van der Waals surface area contributed by atoms with Gasteiger partial charge in [0.15, 0.2) is 0 Å². The Morgan fingerprint density at radius 1 is 1.19 bits per heavy atom. The first kappa shape index (κ1) is 16.3. The molecule has 0 amide bonds. The molecule has 0 saturated carbocycles. The topological polar surface area (TPSA) is 6.48 Å². The van der Waals surface area contributed by atoms with Crippen LogP contribution in [0.3, 0.4) is 0 Å². The molecule has 0 N–H and O–H groups in total. The van der Waals surface area contributed by atoms with E-state index in [0.29, 0.717) is 0 Å². The molecule has 0 aromatic heterocycles. The van der Waals surface area contributed by atoms with Gasteiger partial charge in [-0.1, -0.05) is 44.2 Å². The van der Waals surface area contributed by atoms with Gasteiger partial charge in [0.1, 0.15) is 0 Å². The van der Waals surface area contributed by atoms with E-state index in [2.05, 4.69) is 68.1 Å². The Morgan fingerprint density at radius 3 is 2.52 bits per heavy atom. The van der Waals surface area contributed by atoms with Gasteiger partial charge in [0.25, 0.3) is 0 Å². The molecule has 1 aliphatic rings. The molecule has 2 rings (SSSR count). The molecular formula is C19H30N2. The van der Waals surface area contributed by atoms with E-state index in [9.17, 15) is 0 Å². The van der Waals surface area contributed by atoms with Gasteiger partial charge in [-0.05, 0) is 56.1 Å². The van der Waals surface area contributed by atoms with Crippen LogP contribution in [0.25, 0.3) is 5.57 Å². The molecule has 1 aromatic rings. The van der Waals surface area contributed by atoms with Crippen LogP contribution in [0, 0.1) is 5.92 Å². The molecular weight excluding hydrogens is 256 g/mol. The first-order valence-corrected chi connectivity index (χ1v) is 8.20. The third kappa shape index (κ3) is 5.29. The van der Waals surface area contributed by atoms with Crippen molar-refractivity contribution in [2.45, 2.75) is 33.2 Å². The van der Waals surface area contributed by atoms with Crippen molar-refractivity contribution in [3.63, 3.8) is 0 Å². The second-order valence-electron chi connectivity index (χ2n) is 6.87. The molecule has 2 nitrogen and oxygen atoms in total.